The maximum Gasteiger partial charge on any atom is 0.288 e. The molecule has 3 rings (SSSR count). The Balaban J connectivity index is 1.95. The minimum Gasteiger partial charge on any atom is -0.368 e. The highest BCUT2D eigenvalue weighted by molar-refractivity contribution is 7.90. The van der Waals surface area contributed by atoms with Crippen LogP contribution in [0.1, 0.15) is 44.9 Å². The molecule has 132 valence electrons. The summed E-state index contributed by atoms with van der Waals surface area (Å²) in [7, 11) is -3.64. The molecule has 6 nitrogen and oxygen atoms in total. The Labute approximate surface area is 142 Å². The van der Waals surface area contributed by atoms with E-state index in [1.165, 1.54) is 44.2 Å². The summed E-state index contributed by atoms with van der Waals surface area (Å²) in [6.45, 7) is 0.891. The van der Waals surface area contributed by atoms with Gasteiger partial charge in [-0.05, 0) is 43.7 Å². The van der Waals surface area contributed by atoms with Gasteiger partial charge in [-0.25, -0.2) is 8.42 Å². The molecule has 0 spiro atoms. The van der Waals surface area contributed by atoms with Crippen LogP contribution < -0.4 is 4.90 Å². The summed E-state index contributed by atoms with van der Waals surface area (Å²) in [6.07, 6.45) is 9.54. The van der Waals surface area contributed by atoms with E-state index in [9.17, 15) is 18.5 Å². The van der Waals surface area contributed by atoms with Gasteiger partial charge < -0.3 is 4.90 Å². The van der Waals surface area contributed by atoms with Crippen molar-refractivity contribution in [3.8, 4) is 0 Å². The lowest BCUT2D eigenvalue weighted by molar-refractivity contribution is -0.387. The molecule has 1 heterocycles. The molecule has 1 aliphatic heterocycles. The summed E-state index contributed by atoms with van der Waals surface area (Å²) in [4.78, 5) is 12.6. The van der Waals surface area contributed by atoms with E-state index in [1.807, 2.05) is 0 Å². The van der Waals surface area contributed by atoms with Crippen LogP contribution in [0.15, 0.2) is 23.1 Å². The minimum absolute atomic E-state index is 0.181. The molecule has 0 N–H and O–H groups in total. The highest BCUT2D eigenvalue weighted by Crippen LogP contribution is 2.38. The van der Waals surface area contributed by atoms with Gasteiger partial charge in [-0.15, -0.1) is 0 Å². The maximum absolute atomic E-state index is 12.0. The van der Waals surface area contributed by atoms with Gasteiger partial charge in [0, 0.05) is 30.6 Å². The summed E-state index contributed by atoms with van der Waals surface area (Å²) in [6, 6.07) is 4.96. The highest BCUT2D eigenvalue weighted by atomic mass is 32.2. The van der Waals surface area contributed by atoms with E-state index in [0.717, 1.165) is 31.3 Å². The summed E-state index contributed by atoms with van der Waals surface area (Å²) >= 11 is 0. The van der Waals surface area contributed by atoms with Crippen molar-refractivity contribution in [2.24, 2.45) is 5.92 Å². The predicted octanol–water partition coefficient (Wildman–Crippen LogP) is 3.55. The molecule has 0 amide bonds. The van der Waals surface area contributed by atoms with Crippen molar-refractivity contribution >= 4 is 21.2 Å². The van der Waals surface area contributed by atoms with Gasteiger partial charge in [0.1, 0.15) is 4.90 Å². The minimum atomic E-state index is -3.64. The van der Waals surface area contributed by atoms with Gasteiger partial charge in [-0.2, -0.15) is 0 Å². The molecule has 1 saturated heterocycles. The van der Waals surface area contributed by atoms with Crippen molar-refractivity contribution in [1.82, 2.24) is 0 Å². The number of nitro groups is 1. The second-order valence-electron chi connectivity index (χ2n) is 6.98. The number of hydrogen-bond acceptors (Lipinski definition) is 5. The summed E-state index contributed by atoms with van der Waals surface area (Å²) < 4.78 is 24.0. The first-order chi connectivity index (χ1) is 11.4. The van der Waals surface area contributed by atoms with Crippen molar-refractivity contribution in [1.29, 1.82) is 0 Å². The highest BCUT2D eigenvalue weighted by Gasteiger charge is 2.33. The number of nitrogens with zero attached hydrogens (tertiary/aromatic N) is 2. The number of hydrogen-bond donors (Lipinski definition) is 0. The molecule has 2 aliphatic rings. The summed E-state index contributed by atoms with van der Waals surface area (Å²) in [5.74, 6) is 0.651. The Morgan fingerprint density at radius 2 is 1.83 bits per heavy atom. The zero-order valence-corrected chi connectivity index (χ0v) is 14.8. The molecule has 1 aromatic rings. The summed E-state index contributed by atoms with van der Waals surface area (Å²) in [5, 5.41) is 11.1. The van der Waals surface area contributed by atoms with Crippen LogP contribution in [-0.2, 0) is 9.84 Å². The standard InChI is InChI=1S/C17H24N2O4S/c1-24(22,23)17-12-14(9-10-16(17)19(20)21)18-11-5-8-15(18)13-6-3-2-4-7-13/h9-10,12-13,15H,2-8,11H2,1H3. The van der Waals surface area contributed by atoms with Crippen LogP contribution in [0, 0.1) is 16.0 Å². The third-order valence-corrected chi connectivity index (χ3v) is 6.49. The van der Waals surface area contributed by atoms with E-state index in [4.69, 9.17) is 0 Å². The molecule has 2 fully saturated rings. The topological polar surface area (TPSA) is 80.5 Å². The lowest BCUT2D eigenvalue weighted by Gasteiger charge is -2.35. The molecule has 0 radical (unpaired) electrons. The van der Waals surface area contributed by atoms with Crippen molar-refractivity contribution in [3.63, 3.8) is 0 Å². The Morgan fingerprint density at radius 3 is 2.46 bits per heavy atom. The lowest BCUT2D eigenvalue weighted by Crippen LogP contribution is -2.36. The number of nitro benzene ring substituents is 1. The van der Waals surface area contributed by atoms with Crippen LogP contribution in [0.2, 0.25) is 0 Å². The first-order valence-corrected chi connectivity index (χ1v) is 10.5. The Bertz CT molecular complexity index is 726. The molecule has 24 heavy (non-hydrogen) atoms. The molecule has 1 saturated carbocycles. The maximum atomic E-state index is 12.0. The zero-order chi connectivity index (χ0) is 17.3. The Morgan fingerprint density at radius 1 is 1.12 bits per heavy atom. The molecule has 1 aliphatic carbocycles. The van der Waals surface area contributed by atoms with Gasteiger partial charge in [-0.3, -0.25) is 10.1 Å². The van der Waals surface area contributed by atoms with Crippen LogP contribution in [0.5, 0.6) is 0 Å². The Hall–Kier alpha value is -1.63. The SMILES string of the molecule is CS(=O)(=O)c1cc(N2CCCC2C2CCCCC2)ccc1[N+](=O)[O-]. The molecule has 0 aromatic heterocycles. The first kappa shape index (κ1) is 17.2. The van der Waals surface area contributed by atoms with Gasteiger partial charge in [0.25, 0.3) is 5.69 Å². The van der Waals surface area contributed by atoms with E-state index in [1.54, 1.807) is 6.07 Å². The molecular formula is C17H24N2O4S. The van der Waals surface area contributed by atoms with Crippen LogP contribution in [-0.4, -0.2) is 32.2 Å². The molecule has 0 bridgehead atoms. The molecule has 1 unspecified atom stereocenters. The van der Waals surface area contributed by atoms with E-state index in [-0.39, 0.29) is 10.6 Å². The van der Waals surface area contributed by atoms with Crippen LogP contribution >= 0.6 is 0 Å². The van der Waals surface area contributed by atoms with E-state index in [0.29, 0.717) is 12.0 Å². The smallest absolute Gasteiger partial charge is 0.288 e. The summed E-state index contributed by atoms with van der Waals surface area (Å²) in [5.41, 5.74) is 0.462. The van der Waals surface area contributed by atoms with Crippen molar-refractivity contribution < 1.29 is 13.3 Å². The molecule has 1 aromatic carbocycles. The fraction of sp³-hybridized carbons (Fsp3) is 0.647. The molecule has 7 heteroatoms. The van der Waals surface area contributed by atoms with Gasteiger partial charge in [-0.1, -0.05) is 19.3 Å². The van der Waals surface area contributed by atoms with Crippen LogP contribution in [0.4, 0.5) is 11.4 Å². The fourth-order valence-electron chi connectivity index (χ4n) is 4.25. The third kappa shape index (κ3) is 3.41. The monoisotopic (exact) mass is 352 g/mol. The molecule has 1 atom stereocenters. The van der Waals surface area contributed by atoms with Crippen molar-refractivity contribution in [2.75, 3.05) is 17.7 Å². The van der Waals surface area contributed by atoms with E-state index in [2.05, 4.69) is 4.90 Å². The fourth-order valence-corrected chi connectivity index (χ4v) is 5.11. The van der Waals surface area contributed by atoms with Crippen LogP contribution in [0.25, 0.3) is 0 Å². The zero-order valence-electron chi connectivity index (χ0n) is 14.0. The van der Waals surface area contributed by atoms with Crippen molar-refractivity contribution in [2.45, 2.75) is 55.9 Å². The third-order valence-electron chi connectivity index (χ3n) is 5.36. The Kier molecular flexibility index (Phi) is 4.80. The van der Waals surface area contributed by atoms with Gasteiger partial charge in [0.15, 0.2) is 9.84 Å². The van der Waals surface area contributed by atoms with Gasteiger partial charge in [0.05, 0.1) is 4.92 Å². The number of benzene rings is 1. The predicted molar refractivity (Wildman–Crippen MR) is 93.1 cm³/mol. The van der Waals surface area contributed by atoms with Crippen molar-refractivity contribution in [3.05, 3.63) is 28.3 Å². The lowest BCUT2D eigenvalue weighted by atomic mass is 9.83. The average molecular weight is 352 g/mol. The van der Waals surface area contributed by atoms with E-state index >= 15 is 0 Å². The number of rotatable bonds is 4. The largest absolute Gasteiger partial charge is 0.368 e. The van der Waals surface area contributed by atoms with Gasteiger partial charge >= 0.3 is 0 Å². The first-order valence-electron chi connectivity index (χ1n) is 8.63. The quantitative estimate of drug-likeness (QED) is 0.611. The normalized spacial score (nSPS) is 22.7. The van der Waals surface area contributed by atoms with E-state index < -0.39 is 14.8 Å². The van der Waals surface area contributed by atoms with Crippen LogP contribution in [0.3, 0.4) is 0 Å². The molecular weight excluding hydrogens is 328 g/mol. The number of sulfone groups is 1. The number of anilines is 1. The second-order valence-corrected chi connectivity index (χ2v) is 8.97. The van der Waals surface area contributed by atoms with Gasteiger partial charge in [0.2, 0.25) is 0 Å². The average Bonchev–Trinajstić information content (AvgIpc) is 3.04. The second kappa shape index (κ2) is 6.70.